The van der Waals surface area contributed by atoms with Gasteiger partial charge in [0, 0.05) is 25.0 Å². The van der Waals surface area contributed by atoms with Crippen LogP contribution >= 0.6 is 0 Å². The molecule has 2 N–H and O–H groups in total. The average molecular weight is 498 g/mol. The van der Waals surface area contributed by atoms with Crippen LogP contribution < -0.4 is 5.32 Å². The smallest absolute Gasteiger partial charge is 0.244 e. The van der Waals surface area contributed by atoms with Crippen LogP contribution in [-0.2, 0) is 19.7 Å². The van der Waals surface area contributed by atoms with Gasteiger partial charge >= 0.3 is 0 Å². The molecular weight excluding hydrogens is 466 g/mol. The highest BCUT2D eigenvalue weighted by atomic mass is 32.2. The van der Waals surface area contributed by atoms with Crippen LogP contribution in [0.25, 0.3) is 11.1 Å². The predicted octanol–water partition coefficient (Wildman–Crippen LogP) is 2.64. The summed E-state index contributed by atoms with van der Waals surface area (Å²) >= 11 is 0. The Morgan fingerprint density at radius 2 is 1.77 bits per heavy atom. The van der Waals surface area contributed by atoms with Crippen LogP contribution in [0.1, 0.15) is 25.7 Å². The SMILES string of the molecule is CON=C1C[C@@H](C(=O)N[C@H]2[C@@H]3CC[C@@H](C3)[C@H]2CO)N(S(=O)(=O)c2ccc(-c3ccccc3)cc2)C1. The molecule has 5 atom stereocenters. The fourth-order valence-corrected chi connectivity index (χ4v) is 7.67. The van der Waals surface area contributed by atoms with E-state index in [9.17, 15) is 18.3 Å². The Hall–Kier alpha value is -2.75. The number of nitrogens with one attached hydrogen (secondary N) is 1. The number of oxime groups is 1. The minimum atomic E-state index is -3.96. The number of rotatable bonds is 7. The van der Waals surface area contributed by atoms with Crippen molar-refractivity contribution in [1.29, 1.82) is 0 Å². The quantitative estimate of drug-likeness (QED) is 0.572. The molecule has 9 heteroatoms. The van der Waals surface area contributed by atoms with E-state index in [0.29, 0.717) is 17.5 Å². The highest BCUT2D eigenvalue weighted by Gasteiger charge is 2.50. The maximum absolute atomic E-state index is 13.6. The van der Waals surface area contributed by atoms with Crippen LogP contribution in [0.4, 0.5) is 0 Å². The zero-order valence-electron chi connectivity index (χ0n) is 19.7. The molecule has 35 heavy (non-hydrogen) atoms. The zero-order chi connectivity index (χ0) is 24.6. The van der Waals surface area contributed by atoms with Gasteiger partial charge in [-0.3, -0.25) is 4.79 Å². The van der Waals surface area contributed by atoms with E-state index in [0.717, 1.165) is 30.4 Å². The van der Waals surface area contributed by atoms with E-state index >= 15 is 0 Å². The molecule has 2 aromatic rings. The summed E-state index contributed by atoms with van der Waals surface area (Å²) in [6, 6.07) is 15.4. The largest absolute Gasteiger partial charge is 0.399 e. The molecule has 2 bridgehead atoms. The third-order valence-electron chi connectivity index (χ3n) is 7.81. The zero-order valence-corrected chi connectivity index (χ0v) is 20.5. The van der Waals surface area contributed by atoms with Gasteiger partial charge in [-0.2, -0.15) is 4.31 Å². The molecule has 0 spiro atoms. The van der Waals surface area contributed by atoms with Gasteiger partial charge in [-0.1, -0.05) is 47.6 Å². The van der Waals surface area contributed by atoms with Crippen LogP contribution in [-0.4, -0.2) is 61.8 Å². The molecule has 0 radical (unpaired) electrons. The number of hydrogen-bond acceptors (Lipinski definition) is 6. The molecule has 1 amide bonds. The van der Waals surface area contributed by atoms with Gasteiger partial charge in [-0.25, -0.2) is 8.42 Å². The molecule has 0 aromatic heterocycles. The fraction of sp³-hybridized carbons (Fsp3) is 0.462. The number of sulfonamides is 1. The summed E-state index contributed by atoms with van der Waals surface area (Å²) in [6.45, 7) is 0.0256. The first-order chi connectivity index (χ1) is 16.9. The maximum Gasteiger partial charge on any atom is 0.244 e. The standard InChI is InChI=1S/C26H31N3O5S/c1-34-28-21-14-24(26(31)27-25-20-8-7-19(13-20)23(25)16-30)29(15-21)35(32,33)22-11-9-18(10-12-22)17-5-3-2-4-6-17/h2-6,9-12,19-20,23-25,30H,7-8,13-16H2,1H3,(H,27,31)/t19-,20+,23+,24-,25-/m0/s1. The van der Waals surface area contributed by atoms with Gasteiger partial charge in [-0.15, -0.1) is 0 Å². The number of fused-ring (bicyclic) bond motifs is 2. The molecule has 3 aliphatic rings. The first-order valence-electron chi connectivity index (χ1n) is 12.1. The number of aliphatic hydroxyl groups excluding tert-OH is 1. The van der Waals surface area contributed by atoms with Crippen LogP contribution in [0.3, 0.4) is 0 Å². The lowest BCUT2D eigenvalue weighted by molar-refractivity contribution is -0.125. The van der Waals surface area contributed by atoms with E-state index < -0.39 is 16.1 Å². The summed E-state index contributed by atoms with van der Waals surface area (Å²) in [7, 11) is -2.55. The van der Waals surface area contributed by atoms with Crippen LogP contribution in [0.5, 0.6) is 0 Å². The lowest BCUT2D eigenvalue weighted by atomic mass is 9.85. The first kappa shape index (κ1) is 24.0. The first-order valence-corrected chi connectivity index (χ1v) is 13.5. The van der Waals surface area contributed by atoms with Crippen LogP contribution in [0.2, 0.25) is 0 Å². The van der Waals surface area contributed by atoms with Gasteiger partial charge < -0.3 is 15.3 Å². The summed E-state index contributed by atoms with van der Waals surface area (Å²) in [5.74, 6) is 0.450. The molecule has 1 heterocycles. The Balaban J connectivity index is 1.39. The summed E-state index contributed by atoms with van der Waals surface area (Å²) in [5, 5.41) is 16.9. The van der Waals surface area contributed by atoms with Gasteiger partial charge in [0.05, 0.1) is 17.2 Å². The Kier molecular flexibility index (Phi) is 6.65. The predicted molar refractivity (Wildman–Crippen MR) is 132 cm³/mol. The van der Waals surface area contributed by atoms with Crippen molar-refractivity contribution in [3.05, 3.63) is 54.6 Å². The number of nitrogens with zero attached hydrogens (tertiary/aromatic N) is 2. The van der Waals surface area contributed by atoms with Gasteiger partial charge in [0.25, 0.3) is 0 Å². The van der Waals surface area contributed by atoms with Crippen molar-refractivity contribution in [2.45, 2.75) is 42.7 Å². The molecule has 8 nitrogen and oxygen atoms in total. The number of amides is 1. The summed E-state index contributed by atoms with van der Waals surface area (Å²) in [4.78, 5) is 18.4. The van der Waals surface area contributed by atoms with Gasteiger partial charge in [0.1, 0.15) is 13.2 Å². The molecule has 2 aromatic carbocycles. The van der Waals surface area contributed by atoms with E-state index in [-0.39, 0.29) is 42.3 Å². The second-order valence-electron chi connectivity index (χ2n) is 9.71. The van der Waals surface area contributed by atoms with Gasteiger partial charge in [0.2, 0.25) is 15.9 Å². The highest BCUT2D eigenvalue weighted by Crippen LogP contribution is 2.48. The lowest BCUT2D eigenvalue weighted by Gasteiger charge is -2.32. The number of aliphatic hydroxyl groups is 1. The Morgan fingerprint density at radius 3 is 2.46 bits per heavy atom. The molecule has 3 fully saturated rings. The van der Waals surface area contributed by atoms with Crippen molar-refractivity contribution in [3.63, 3.8) is 0 Å². The van der Waals surface area contributed by atoms with E-state index in [1.54, 1.807) is 24.3 Å². The Labute approximate surface area is 206 Å². The molecule has 186 valence electrons. The number of carbonyl (C=O) groups excluding carboxylic acids is 1. The number of hydrogen-bond donors (Lipinski definition) is 2. The minimum Gasteiger partial charge on any atom is -0.399 e. The Morgan fingerprint density at radius 1 is 1.09 bits per heavy atom. The Bertz CT molecular complexity index is 1200. The lowest BCUT2D eigenvalue weighted by Crippen LogP contribution is -2.52. The van der Waals surface area contributed by atoms with Crippen molar-refractivity contribution >= 4 is 21.6 Å². The monoisotopic (exact) mass is 497 g/mol. The molecule has 0 unspecified atom stereocenters. The van der Waals surface area contributed by atoms with Gasteiger partial charge in [-0.05, 0) is 54.4 Å². The van der Waals surface area contributed by atoms with Crippen LogP contribution in [0, 0.1) is 17.8 Å². The van der Waals surface area contributed by atoms with E-state index in [4.69, 9.17) is 4.84 Å². The molecule has 1 saturated heterocycles. The maximum atomic E-state index is 13.6. The summed E-state index contributed by atoms with van der Waals surface area (Å²) in [5.41, 5.74) is 2.41. The normalized spacial score (nSPS) is 29.5. The van der Waals surface area contributed by atoms with Crippen molar-refractivity contribution in [3.8, 4) is 11.1 Å². The van der Waals surface area contributed by atoms with Crippen molar-refractivity contribution in [1.82, 2.24) is 9.62 Å². The van der Waals surface area contributed by atoms with E-state index in [1.807, 2.05) is 30.3 Å². The third kappa shape index (κ3) is 4.48. The average Bonchev–Trinajstić information content (AvgIpc) is 3.60. The second kappa shape index (κ2) is 9.72. The molecule has 2 saturated carbocycles. The highest BCUT2D eigenvalue weighted by molar-refractivity contribution is 7.89. The molecular formula is C26H31N3O5S. The summed E-state index contributed by atoms with van der Waals surface area (Å²) < 4.78 is 28.5. The molecule has 2 aliphatic carbocycles. The van der Waals surface area contributed by atoms with E-state index in [1.165, 1.54) is 11.4 Å². The number of benzene rings is 2. The van der Waals surface area contributed by atoms with Crippen molar-refractivity contribution in [2.24, 2.45) is 22.9 Å². The molecule has 1 aliphatic heterocycles. The van der Waals surface area contributed by atoms with Gasteiger partial charge in [0.15, 0.2) is 0 Å². The molecule has 5 rings (SSSR count). The second-order valence-corrected chi connectivity index (χ2v) is 11.6. The van der Waals surface area contributed by atoms with Crippen molar-refractivity contribution in [2.75, 3.05) is 20.3 Å². The van der Waals surface area contributed by atoms with Crippen LogP contribution in [0.15, 0.2) is 64.6 Å². The van der Waals surface area contributed by atoms with Crippen molar-refractivity contribution < 1.29 is 23.2 Å². The topological polar surface area (TPSA) is 108 Å². The third-order valence-corrected chi connectivity index (χ3v) is 9.68. The minimum absolute atomic E-state index is 0.00511. The fourth-order valence-electron chi connectivity index (χ4n) is 6.09. The number of carbonyl (C=O) groups is 1. The summed E-state index contributed by atoms with van der Waals surface area (Å²) in [6.07, 6.45) is 3.29. The van der Waals surface area contributed by atoms with E-state index in [2.05, 4.69) is 10.5 Å².